The highest BCUT2D eigenvalue weighted by atomic mass is 16.5. The van der Waals surface area contributed by atoms with E-state index in [-0.39, 0.29) is 59.6 Å². The van der Waals surface area contributed by atoms with Crippen molar-refractivity contribution in [2.45, 2.75) is 148 Å². The molecule has 340 valence electrons. The summed E-state index contributed by atoms with van der Waals surface area (Å²) in [5, 5.41) is 2.80. The summed E-state index contributed by atoms with van der Waals surface area (Å²) in [6.45, 7) is 5.43. The zero-order valence-corrected chi connectivity index (χ0v) is 36.0. The van der Waals surface area contributed by atoms with Crippen LogP contribution in [0.15, 0.2) is 49.7 Å². The van der Waals surface area contributed by atoms with E-state index >= 15 is 0 Å². The second kappa shape index (κ2) is 21.6. The second-order valence-corrected chi connectivity index (χ2v) is 15.8. The van der Waals surface area contributed by atoms with Crippen molar-refractivity contribution in [1.29, 1.82) is 0 Å². The summed E-state index contributed by atoms with van der Waals surface area (Å²) in [7, 11) is 1.27. The lowest BCUT2D eigenvalue weighted by molar-refractivity contribution is -0.143. The Labute approximate surface area is 359 Å². The number of hydrogen-bond donors (Lipinski definition) is 3. The number of hydrogen-bond acceptors (Lipinski definition) is 14. The minimum absolute atomic E-state index is 0.00268. The van der Waals surface area contributed by atoms with Crippen molar-refractivity contribution >= 4 is 51.8 Å². The van der Waals surface area contributed by atoms with Crippen LogP contribution >= 0.6 is 0 Å². The van der Waals surface area contributed by atoms with Gasteiger partial charge in [0.1, 0.15) is 29.4 Å². The number of esters is 1. The van der Waals surface area contributed by atoms with Gasteiger partial charge in [-0.15, -0.1) is 0 Å². The molecule has 3 aliphatic carbocycles. The third-order valence-corrected chi connectivity index (χ3v) is 11.7. The molecule has 3 saturated carbocycles. The number of ketones is 1. The van der Waals surface area contributed by atoms with E-state index in [1.54, 1.807) is 6.92 Å². The van der Waals surface area contributed by atoms with Gasteiger partial charge in [0.25, 0.3) is 11.1 Å². The van der Waals surface area contributed by atoms with Crippen molar-refractivity contribution < 1.29 is 37.5 Å². The first-order valence-electron chi connectivity index (χ1n) is 21.5. The van der Waals surface area contributed by atoms with Gasteiger partial charge >= 0.3 is 34.6 Å². The average Bonchev–Trinajstić information content (AvgIpc) is 4.07. The summed E-state index contributed by atoms with van der Waals surface area (Å²) in [5.74, 6) is -1.39. The quantitative estimate of drug-likeness (QED) is 0.169. The highest BCUT2D eigenvalue weighted by molar-refractivity contribution is 6.14. The number of barbiturate groups is 1. The summed E-state index contributed by atoms with van der Waals surface area (Å²) >= 11 is 0. The van der Waals surface area contributed by atoms with Crippen LogP contribution in [0.2, 0.25) is 0 Å². The number of carbonyl (C=O) groups excluding carboxylic acids is 5. The summed E-state index contributed by atoms with van der Waals surface area (Å²) in [6.07, 6.45) is 12.6. The number of nitrogens with one attached hydrogen (secondary N) is 3. The average molecular weight is 879 g/mol. The fourth-order valence-corrected chi connectivity index (χ4v) is 8.48. The van der Waals surface area contributed by atoms with Gasteiger partial charge in [-0.2, -0.15) is 0 Å². The number of rotatable bonds is 8. The number of imide groups is 2. The lowest BCUT2D eigenvalue weighted by Crippen LogP contribution is -2.55. The third kappa shape index (κ3) is 11.3. The first-order chi connectivity index (χ1) is 30.1. The Balaban J connectivity index is 0.000000165. The lowest BCUT2D eigenvalue weighted by Gasteiger charge is -2.29. The molecule has 8 rings (SSSR count). The Morgan fingerprint density at radius 2 is 1.19 bits per heavy atom. The van der Waals surface area contributed by atoms with E-state index in [1.807, 2.05) is 13.8 Å². The Morgan fingerprint density at radius 3 is 1.71 bits per heavy atom. The number of amides is 4. The first kappa shape index (κ1) is 47.6. The van der Waals surface area contributed by atoms with E-state index in [2.05, 4.69) is 20.0 Å². The molecule has 0 spiro atoms. The van der Waals surface area contributed by atoms with Crippen LogP contribution in [0, 0.1) is 0 Å². The van der Waals surface area contributed by atoms with Gasteiger partial charge in [0.2, 0.25) is 23.2 Å². The number of aromatic amines is 2. The Morgan fingerprint density at radius 1 is 0.683 bits per heavy atom. The normalized spacial score (nSPS) is 16.8. The van der Waals surface area contributed by atoms with E-state index in [0.29, 0.717) is 41.2 Å². The minimum Gasteiger partial charge on any atom is -0.469 e. The third-order valence-electron chi connectivity index (χ3n) is 11.7. The van der Waals surface area contributed by atoms with E-state index < -0.39 is 46.1 Å². The maximum absolute atomic E-state index is 12.6. The maximum Gasteiger partial charge on any atom is 0.337 e. The Kier molecular flexibility index (Phi) is 16.3. The van der Waals surface area contributed by atoms with Gasteiger partial charge in [0, 0.05) is 36.7 Å². The number of aryl methyl sites for hydroxylation is 2. The van der Waals surface area contributed by atoms with E-state index in [1.165, 1.54) is 33.3 Å². The predicted molar refractivity (Wildman–Crippen MR) is 228 cm³/mol. The molecule has 1 saturated heterocycles. The number of ether oxygens (including phenoxy) is 1. The molecular formula is C43H54N6O14. The molecule has 0 bridgehead atoms. The molecule has 0 unspecified atom stereocenters. The molecule has 4 amide bonds. The van der Waals surface area contributed by atoms with E-state index in [4.69, 9.17) is 8.83 Å². The van der Waals surface area contributed by atoms with Gasteiger partial charge in [0.15, 0.2) is 0 Å². The van der Waals surface area contributed by atoms with Crippen LogP contribution < -0.4 is 39.1 Å². The van der Waals surface area contributed by atoms with Crippen molar-refractivity contribution in [3.8, 4) is 0 Å². The second-order valence-electron chi connectivity index (χ2n) is 15.8. The van der Waals surface area contributed by atoms with Crippen LogP contribution in [0.25, 0.3) is 22.2 Å². The number of nitrogens with zero attached hydrogens (tertiary/aromatic N) is 3. The highest BCUT2D eigenvalue weighted by Crippen LogP contribution is 2.30. The van der Waals surface area contributed by atoms with Crippen molar-refractivity contribution in [3.05, 3.63) is 85.8 Å². The summed E-state index contributed by atoms with van der Waals surface area (Å²) < 4.78 is 17.2. The summed E-state index contributed by atoms with van der Waals surface area (Å²) in [5.41, 5.74) is -1.57. The number of methoxy groups -OCH3 is 1. The maximum atomic E-state index is 12.6. The summed E-state index contributed by atoms with van der Waals surface area (Å²) in [6, 6.07) is 2.06. The van der Waals surface area contributed by atoms with Crippen LogP contribution in [-0.2, 0) is 36.8 Å². The Bertz CT molecular complexity index is 2670. The van der Waals surface area contributed by atoms with Gasteiger partial charge in [0.05, 0.1) is 7.11 Å². The number of fused-ring (bicyclic) bond motifs is 2. The van der Waals surface area contributed by atoms with Crippen LogP contribution in [0.5, 0.6) is 0 Å². The fourth-order valence-electron chi connectivity index (χ4n) is 8.48. The van der Waals surface area contributed by atoms with E-state index in [9.17, 15) is 52.7 Å². The van der Waals surface area contributed by atoms with Crippen molar-refractivity contribution in [2.75, 3.05) is 7.11 Å². The summed E-state index contributed by atoms with van der Waals surface area (Å²) in [4.78, 5) is 133. The van der Waals surface area contributed by atoms with Gasteiger partial charge in [-0.25, -0.2) is 24.0 Å². The van der Waals surface area contributed by atoms with Crippen LogP contribution in [0.3, 0.4) is 0 Å². The fraction of sp³-hybridized carbons (Fsp3) is 0.558. The van der Waals surface area contributed by atoms with Crippen LogP contribution in [0.4, 0.5) is 4.79 Å². The minimum atomic E-state index is -0.553. The SMILES string of the molecule is CCC(=O)CC(=O)OC.CCc1cc(=O)oc2[nH]c(=O)n(C3CCCC3)c(=O)c12.CCc1cc(=O)oc2c1c(=O)[nH]c(=O)n2C1CCCC1.O=C1CC(=O)N(C2CCCC2)C(=O)N1. The molecule has 4 aliphatic rings. The number of aromatic nitrogens is 4. The first-order valence-corrected chi connectivity index (χ1v) is 21.5. The standard InChI is InChI=1S/2C14H16N2O4.C9H12N2O3.C6H10O3/c1-2-8-7-10(17)20-12-11(8)13(18)16(14(19)15-12)9-5-3-4-6-9;1-2-8-7-10(17)20-13-11(8)12(18)15-14(19)16(13)9-5-3-4-6-9;12-7-5-8(13)11(9(14)10-7)6-3-1-2-4-6;1-3-5(7)4-6(8)9-2/h7,9H,2-6H2,1H3,(H,15,19);7,9H,2-6H2,1H3,(H,15,18,19);6H,1-5H2,(H,10,12,14);3-4H2,1-2H3. The molecule has 20 heteroatoms. The molecule has 0 aromatic carbocycles. The van der Waals surface area contributed by atoms with Crippen molar-refractivity contribution in [1.82, 2.24) is 29.3 Å². The monoisotopic (exact) mass is 878 g/mol. The largest absolute Gasteiger partial charge is 0.469 e. The molecule has 4 aromatic heterocycles. The Hall–Kier alpha value is -6.47. The lowest BCUT2D eigenvalue weighted by atomic mass is 10.1. The molecular weight excluding hydrogens is 825 g/mol. The molecule has 5 heterocycles. The highest BCUT2D eigenvalue weighted by Gasteiger charge is 2.37. The zero-order valence-electron chi connectivity index (χ0n) is 36.0. The van der Waals surface area contributed by atoms with E-state index in [0.717, 1.165) is 77.0 Å². The molecule has 63 heavy (non-hydrogen) atoms. The smallest absolute Gasteiger partial charge is 0.337 e. The molecule has 4 fully saturated rings. The van der Waals surface area contributed by atoms with Gasteiger partial charge in [-0.3, -0.25) is 58.1 Å². The predicted octanol–water partition coefficient (Wildman–Crippen LogP) is 3.57. The number of Topliss-reactive ketones (excluding diaryl/α,β-unsaturated/α-hetero) is 1. The van der Waals surface area contributed by atoms with Crippen molar-refractivity contribution in [2.24, 2.45) is 0 Å². The molecule has 4 aromatic rings. The molecule has 0 atom stereocenters. The molecule has 20 nitrogen and oxygen atoms in total. The number of carbonyl (C=O) groups is 5. The zero-order chi connectivity index (χ0) is 46.0. The topological polar surface area (TPSA) is 280 Å². The van der Waals surface area contributed by atoms with Crippen LogP contribution in [0.1, 0.15) is 140 Å². The molecule has 0 radical (unpaired) electrons. The van der Waals surface area contributed by atoms with Gasteiger partial charge < -0.3 is 13.6 Å². The number of H-pyrrole nitrogens is 2. The molecule has 3 N–H and O–H groups in total. The van der Waals surface area contributed by atoms with Crippen molar-refractivity contribution in [3.63, 3.8) is 0 Å². The van der Waals surface area contributed by atoms with Crippen LogP contribution in [-0.4, -0.2) is 66.8 Å². The van der Waals surface area contributed by atoms with Gasteiger partial charge in [-0.05, 0) is 62.5 Å². The molecule has 1 aliphatic heterocycles. The number of urea groups is 1. The van der Waals surface area contributed by atoms with Gasteiger partial charge in [-0.1, -0.05) is 59.3 Å².